The average Bonchev–Trinajstić information content (AvgIpc) is 3.09. The van der Waals surface area contributed by atoms with Crippen LogP contribution >= 0.6 is 23.2 Å². The zero-order valence-corrected chi connectivity index (χ0v) is 28.3. The quantitative estimate of drug-likeness (QED) is 0.163. The summed E-state index contributed by atoms with van der Waals surface area (Å²) < 4.78 is 35.1. The molecule has 1 N–H and O–H groups in total. The summed E-state index contributed by atoms with van der Waals surface area (Å²) in [5.74, 6) is 0.261. The van der Waals surface area contributed by atoms with Crippen LogP contribution in [0.5, 0.6) is 11.5 Å². The van der Waals surface area contributed by atoms with Gasteiger partial charge in [0.05, 0.1) is 20.6 Å². The van der Waals surface area contributed by atoms with Gasteiger partial charge in [-0.3, -0.25) is 13.9 Å². The first-order valence-corrected chi connectivity index (χ1v) is 17.8. The van der Waals surface area contributed by atoms with Crippen molar-refractivity contribution < 1.29 is 22.7 Å². The average molecular weight is 695 g/mol. The minimum absolute atomic E-state index is 0.0120. The molecule has 1 fully saturated rings. The minimum atomic E-state index is -4.20. The first-order valence-electron chi connectivity index (χ1n) is 15.6. The van der Waals surface area contributed by atoms with Crippen LogP contribution in [0.3, 0.4) is 0 Å². The molecule has 47 heavy (non-hydrogen) atoms. The molecule has 0 bridgehead atoms. The molecule has 2 amide bonds. The summed E-state index contributed by atoms with van der Waals surface area (Å²) in [4.78, 5) is 29.2. The van der Waals surface area contributed by atoms with E-state index in [4.69, 9.17) is 27.9 Å². The van der Waals surface area contributed by atoms with Gasteiger partial charge in [0.2, 0.25) is 11.8 Å². The smallest absolute Gasteiger partial charge is 0.264 e. The van der Waals surface area contributed by atoms with Crippen molar-refractivity contribution >= 4 is 50.7 Å². The lowest BCUT2D eigenvalue weighted by Crippen LogP contribution is -2.53. The van der Waals surface area contributed by atoms with Crippen molar-refractivity contribution in [1.82, 2.24) is 10.2 Å². The van der Waals surface area contributed by atoms with Crippen molar-refractivity contribution in [2.24, 2.45) is 0 Å². The second-order valence-corrected chi connectivity index (χ2v) is 14.2. The number of ether oxygens (including phenoxy) is 1. The number of halogens is 2. The molecule has 5 rings (SSSR count). The molecule has 1 aliphatic rings. The number of sulfonamides is 1. The van der Waals surface area contributed by atoms with E-state index >= 15 is 0 Å². The van der Waals surface area contributed by atoms with Crippen LogP contribution < -0.4 is 14.4 Å². The number of nitrogens with one attached hydrogen (secondary N) is 1. The highest BCUT2D eigenvalue weighted by Crippen LogP contribution is 2.29. The Labute approximate surface area is 286 Å². The zero-order chi connectivity index (χ0) is 33.4. The van der Waals surface area contributed by atoms with E-state index in [1.807, 2.05) is 30.3 Å². The maximum Gasteiger partial charge on any atom is 0.264 e. The Morgan fingerprint density at radius 3 is 2.09 bits per heavy atom. The molecule has 4 aromatic rings. The van der Waals surface area contributed by atoms with Gasteiger partial charge in [0.15, 0.2) is 0 Å². The zero-order valence-electron chi connectivity index (χ0n) is 26.0. The lowest BCUT2D eigenvalue weighted by molar-refractivity contribution is -0.139. The fraction of sp³-hybridized carbons (Fsp3) is 0.278. The molecule has 8 nitrogen and oxygen atoms in total. The lowest BCUT2D eigenvalue weighted by Gasteiger charge is -2.33. The number of carbonyl (C=O) groups excluding carboxylic acids is 2. The summed E-state index contributed by atoms with van der Waals surface area (Å²) in [5.41, 5.74) is 0.904. The Kier molecular flexibility index (Phi) is 11.4. The SMILES string of the molecule is CC(C(=O)NC1CCCCC1)N(Cc1ccc(Cl)c(Cl)c1)C(=O)CN(c1ccc(Oc2ccccc2)cc1)S(=O)(=O)c1ccccc1. The van der Waals surface area contributed by atoms with Gasteiger partial charge in [0.1, 0.15) is 24.1 Å². The van der Waals surface area contributed by atoms with Crippen molar-refractivity contribution in [2.45, 2.75) is 62.6 Å². The molecule has 0 aromatic heterocycles. The standard InChI is InChI=1S/C36H37Cl2N3O5S/c1-26(36(43)39-28-11-5-2-6-12-28)40(24-27-17-22-33(37)34(38)23-27)35(42)25-41(47(44,45)32-15-9-4-10-16-32)29-18-20-31(21-19-29)46-30-13-7-3-8-14-30/h3-4,7-10,13-23,26,28H,2,5-6,11-12,24-25H2,1H3,(H,39,43). The molecule has 246 valence electrons. The van der Waals surface area contributed by atoms with Crippen molar-refractivity contribution in [1.29, 1.82) is 0 Å². The second-order valence-electron chi connectivity index (χ2n) is 11.5. The van der Waals surface area contributed by atoms with Gasteiger partial charge in [-0.2, -0.15) is 0 Å². The van der Waals surface area contributed by atoms with E-state index in [0.717, 1.165) is 36.4 Å². The molecular formula is C36H37Cl2N3O5S. The lowest BCUT2D eigenvalue weighted by atomic mass is 9.95. The first-order chi connectivity index (χ1) is 22.6. The number of anilines is 1. The van der Waals surface area contributed by atoms with Crippen molar-refractivity contribution in [2.75, 3.05) is 10.8 Å². The van der Waals surface area contributed by atoms with Gasteiger partial charge >= 0.3 is 0 Å². The summed E-state index contributed by atoms with van der Waals surface area (Å²) in [6.45, 7) is 1.11. The number of para-hydroxylation sites is 1. The maximum absolute atomic E-state index is 14.3. The van der Waals surface area contributed by atoms with E-state index < -0.39 is 28.5 Å². The molecular weight excluding hydrogens is 657 g/mol. The number of amides is 2. The van der Waals surface area contributed by atoms with Crippen LogP contribution in [0.1, 0.15) is 44.6 Å². The van der Waals surface area contributed by atoms with Crippen LogP contribution in [0, 0.1) is 0 Å². The third-order valence-corrected chi connectivity index (χ3v) is 10.7. The third kappa shape index (κ3) is 8.86. The van der Waals surface area contributed by atoms with Gasteiger partial charge in [-0.25, -0.2) is 8.42 Å². The fourth-order valence-corrected chi connectivity index (χ4v) is 7.30. The van der Waals surface area contributed by atoms with E-state index in [1.165, 1.54) is 17.0 Å². The monoisotopic (exact) mass is 693 g/mol. The molecule has 0 radical (unpaired) electrons. The van der Waals surface area contributed by atoms with E-state index in [2.05, 4.69) is 5.32 Å². The molecule has 0 heterocycles. The van der Waals surface area contributed by atoms with Gasteiger partial charge in [0, 0.05) is 12.6 Å². The maximum atomic E-state index is 14.3. The summed E-state index contributed by atoms with van der Waals surface area (Å²) in [5, 5.41) is 3.77. The van der Waals surface area contributed by atoms with Gasteiger partial charge in [-0.05, 0) is 86.0 Å². The van der Waals surface area contributed by atoms with E-state index in [-0.39, 0.29) is 29.1 Å². The van der Waals surface area contributed by atoms with Crippen LogP contribution in [0.2, 0.25) is 10.0 Å². The highest BCUT2D eigenvalue weighted by molar-refractivity contribution is 7.92. The number of hydrogen-bond donors (Lipinski definition) is 1. The molecule has 0 spiro atoms. The van der Waals surface area contributed by atoms with Crippen molar-refractivity contribution in [3.63, 3.8) is 0 Å². The van der Waals surface area contributed by atoms with E-state index in [9.17, 15) is 18.0 Å². The topological polar surface area (TPSA) is 96.0 Å². The molecule has 0 saturated heterocycles. The number of nitrogens with zero attached hydrogens (tertiary/aromatic N) is 2. The number of benzene rings is 4. The van der Waals surface area contributed by atoms with Crippen LogP contribution in [0.25, 0.3) is 0 Å². The summed E-state index contributed by atoms with van der Waals surface area (Å²) in [7, 11) is -4.20. The molecule has 4 aromatic carbocycles. The summed E-state index contributed by atoms with van der Waals surface area (Å²) >= 11 is 12.4. The van der Waals surface area contributed by atoms with Crippen LogP contribution in [0.4, 0.5) is 5.69 Å². The highest BCUT2D eigenvalue weighted by Gasteiger charge is 2.33. The van der Waals surface area contributed by atoms with Crippen molar-refractivity contribution in [3.05, 3.63) is 119 Å². The largest absolute Gasteiger partial charge is 0.457 e. The summed E-state index contributed by atoms with van der Waals surface area (Å²) in [6, 6.07) is 27.7. The summed E-state index contributed by atoms with van der Waals surface area (Å²) in [6.07, 6.45) is 4.97. The van der Waals surface area contributed by atoms with E-state index in [0.29, 0.717) is 27.1 Å². The Morgan fingerprint density at radius 1 is 0.830 bits per heavy atom. The Morgan fingerprint density at radius 2 is 1.45 bits per heavy atom. The number of carbonyl (C=O) groups is 2. The third-order valence-electron chi connectivity index (χ3n) is 8.17. The normalized spacial score (nSPS) is 14.2. The predicted molar refractivity (Wildman–Crippen MR) is 185 cm³/mol. The predicted octanol–water partition coefficient (Wildman–Crippen LogP) is 7.85. The fourth-order valence-electron chi connectivity index (χ4n) is 5.54. The van der Waals surface area contributed by atoms with Crippen LogP contribution in [-0.4, -0.2) is 43.8 Å². The molecule has 11 heteroatoms. The van der Waals surface area contributed by atoms with E-state index in [1.54, 1.807) is 67.6 Å². The number of hydrogen-bond acceptors (Lipinski definition) is 5. The van der Waals surface area contributed by atoms with Gasteiger partial charge in [-0.1, -0.05) is 84.9 Å². The molecule has 1 saturated carbocycles. The van der Waals surface area contributed by atoms with Crippen LogP contribution in [-0.2, 0) is 26.2 Å². The second kappa shape index (κ2) is 15.7. The molecule has 1 aliphatic carbocycles. The number of rotatable bonds is 12. The van der Waals surface area contributed by atoms with Crippen molar-refractivity contribution in [3.8, 4) is 11.5 Å². The molecule has 0 aliphatic heterocycles. The first kappa shape index (κ1) is 34.3. The Hall–Kier alpha value is -4.05. The Balaban J connectivity index is 1.46. The van der Waals surface area contributed by atoms with Crippen LogP contribution in [0.15, 0.2) is 108 Å². The van der Waals surface area contributed by atoms with Gasteiger partial charge < -0.3 is 15.0 Å². The van der Waals surface area contributed by atoms with Gasteiger partial charge in [0.25, 0.3) is 10.0 Å². The molecule has 1 atom stereocenters. The minimum Gasteiger partial charge on any atom is -0.457 e. The molecule has 1 unspecified atom stereocenters. The highest BCUT2D eigenvalue weighted by atomic mass is 35.5. The Bertz CT molecular complexity index is 1770. The van der Waals surface area contributed by atoms with Gasteiger partial charge in [-0.15, -0.1) is 0 Å².